The van der Waals surface area contributed by atoms with Gasteiger partial charge in [0.2, 0.25) is 0 Å². The Morgan fingerprint density at radius 1 is 1.19 bits per heavy atom. The third kappa shape index (κ3) is 3.58. The quantitative estimate of drug-likeness (QED) is 0.634. The number of hydrogen-bond acceptors (Lipinski definition) is 7. The number of aromatic nitrogens is 3. The number of ether oxygens (including phenoxy) is 1. The van der Waals surface area contributed by atoms with Crippen LogP contribution in [0.15, 0.2) is 34.0 Å². The zero-order valence-corrected chi connectivity index (χ0v) is 18.8. The van der Waals surface area contributed by atoms with E-state index in [1.54, 1.807) is 21.3 Å². The first-order valence-electron chi connectivity index (χ1n) is 11.5. The van der Waals surface area contributed by atoms with E-state index < -0.39 is 0 Å². The van der Waals surface area contributed by atoms with Crippen LogP contribution in [0.25, 0.3) is 11.2 Å². The van der Waals surface area contributed by atoms with Crippen LogP contribution in [0.4, 0.5) is 0 Å². The summed E-state index contributed by atoms with van der Waals surface area (Å²) in [5.74, 6) is 1.09. The lowest BCUT2D eigenvalue weighted by atomic mass is 10.0. The molecule has 6 heterocycles. The van der Waals surface area contributed by atoms with E-state index in [0.29, 0.717) is 23.8 Å². The van der Waals surface area contributed by atoms with Gasteiger partial charge in [0.15, 0.2) is 0 Å². The second kappa shape index (κ2) is 8.13. The first kappa shape index (κ1) is 20.1. The SMILES string of the molecule is O=c1cnc2ccc(=O)n3c2n1C[C@H]3CN1CCC(NCc2cc3c(s2)CCCO3)CC1. The maximum absolute atomic E-state index is 12.6. The molecule has 0 bridgehead atoms. The van der Waals surface area contributed by atoms with Gasteiger partial charge in [-0.1, -0.05) is 0 Å². The molecular formula is C23H27N5O3S. The molecular weight excluding hydrogens is 426 g/mol. The van der Waals surface area contributed by atoms with Crippen molar-refractivity contribution in [1.29, 1.82) is 0 Å². The first-order chi connectivity index (χ1) is 15.7. The molecule has 1 fully saturated rings. The van der Waals surface area contributed by atoms with Gasteiger partial charge in [0.1, 0.15) is 16.9 Å². The minimum absolute atomic E-state index is 0.0231. The molecule has 1 atom stereocenters. The number of fused-ring (bicyclic) bond motifs is 1. The summed E-state index contributed by atoms with van der Waals surface area (Å²) in [6, 6.07) is 5.95. The van der Waals surface area contributed by atoms with Gasteiger partial charge in [0.05, 0.1) is 18.8 Å². The zero-order valence-electron chi connectivity index (χ0n) is 18.0. The molecule has 0 radical (unpaired) electrons. The molecule has 0 aromatic carbocycles. The highest BCUT2D eigenvalue weighted by molar-refractivity contribution is 7.12. The summed E-state index contributed by atoms with van der Waals surface area (Å²) in [6.07, 6.45) is 5.79. The molecule has 0 unspecified atom stereocenters. The average Bonchev–Trinajstić information content (AvgIpc) is 3.40. The minimum atomic E-state index is -0.136. The third-order valence-corrected chi connectivity index (χ3v) is 8.10. The van der Waals surface area contributed by atoms with Crippen molar-refractivity contribution in [2.45, 2.75) is 50.9 Å². The fourth-order valence-electron chi connectivity index (χ4n) is 5.29. The van der Waals surface area contributed by atoms with Crippen molar-refractivity contribution in [2.24, 2.45) is 0 Å². The topological polar surface area (TPSA) is 81.4 Å². The molecule has 0 saturated carbocycles. The number of rotatable bonds is 5. The Bertz CT molecular complexity index is 1240. The van der Waals surface area contributed by atoms with Crippen molar-refractivity contribution >= 4 is 22.5 Å². The molecule has 1 saturated heterocycles. The van der Waals surface area contributed by atoms with Gasteiger partial charge in [-0.25, -0.2) is 4.98 Å². The van der Waals surface area contributed by atoms with E-state index >= 15 is 0 Å². The Labute approximate surface area is 189 Å². The van der Waals surface area contributed by atoms with Gasteiger partial charge in [-0.2, -0.15) is 0 Å². The first-order valence-corrected chi connectivity index (χ1v) is 12.3. The van der Waals surface area contributed by atoms with Crippen molar-refractivity contribution in [2.75, 3.05) is 26.2 Å². The monoisotopic (exact) mass is 453 g/mol. The normalized spacial score (nSPS) is 21.1. The molecule has 3 aromatic heterocycles. The second-order valence-electron chi connectivity index (χ2n) is 9.02. The lowest BCUT2D eigenvalue weighted by Gasteiger charge is -2.34. The van der Waals surface area contributed by atoms with E-state index in [1.807, 2.05) is 11.3 Å². The molecule has 1 N–H and O–H groups in total. The predicted molar refractivity (Wildman–Crippen MR) is 124 cm³/mol. The molecule has 0 amide bonds. The molecule has 168 valence electrons. The summed E-state index contributed by atoms with van der Waals surface area (Å²) in [5.41, 5.74) is 1.17. The van der Waals surface area contributed by atoms with Gasteiger partial charge in [-0.3, -0.25) is 18.7 Å². The molecule has 6 rings (SSSR count). The van der Waals surface area contributed by atoms with Crippen LogP contribution in [0.1, 0.15) is 35.1 Å². The highest BCUT2D eigenvalue weighted by Gasteiger charge is 2.29. The Morgan fingerprint density at radius 2 is 2.06 bits per heavy atom. The lowest BCUT2D eigenvalue weighted by molar-refractivity contribution is 0.171. The van der Waals surface area contributed by atoms with E-state index in [9.17, 15) is 9.59 Å². The maximum atomic E-state index is 12.6. The van der Waals surface area contributed by atoms with Crippen LogP contribution in [0.3, 0.4) is 0 Å². The second-order valence-corrected chi connectivity index (χ2v) is 10.2. The van der Waals surface area contributed by atoms with E-state index in [0.717, 1.165) is 64.2 Å². The highest BCUT2D eigenvalue weighted by atomic mass is 32.1. The van der Waals surface area contributed by atoms with Crippen molar-refractivity contribution in [3.63, 3.8) is 0 Å². The van der Waals surface area contributed by atoms with Crippen LogP contribution in [-0.2, 0) is 19.5 Å². The smallest absolute Gasteiger partial charge is 0.270 e. The number of pyridine rings is 1. The van der Waals surface area contributed by atoms with Crippen LogP contribution >= 0.6 is 11.3 Å². The number of hydrogen-bond donors (Lipinski definition) is 1. The Morgan fingerprint density at radius 3 is 2.91 bits per heavy atom. The van der Waals surface area contributed by atoms with Gasteiger partial charge in [0, 0.05) is 41.5 Å². The number of aryl methyl sites for hydroxylation is 1. The van der Waals surface area contributed by atoms with Crippen LogP contribution in [0.2, 0.25) is 0 Å². The number of piperidine rings is 1. The van der Waals surface area contributed by atoms with Gasteiger partial charge >= 0.3 is 0 Å². The summed E-state index contributed by atoms with van der Waals surface area (Å²) in [6.45, 7) is 5.05. The van der Waals surface area contributed by atoms with Crippen LogP contribution in [-0.4, -0.2) is 51.3 Å². The fraction of sp³-hybridized carbons (Fsp3) is 0.522. The summed E-state index contributed by atoms with van der Waals surface area (Å²) in [7, 11) is 0. The van der Waals surface area contributed by atoms with E-state index in [2.05, 4.69) is 21.3 Å². The standard InChI is InChI=1S/C23H27N5O3S/c29-21-4-3-18-23-27(22(30)12-25-18)14-16(28(21)23)13-26-7-5-15(6-8-26)24-11-17-10-19-20(32-17)2-1-9-31-19/h3-4,10,12,15-16,24H,1-2,5-9,11,13-14H2/t16-/m1/s1. The van der Waals surface area contributed by atoms with Crippen molar-refractivity contribution < 1.29 is 4.74 Å². The summed E-state index contributed by atoms with van der Waals surface area (Å²) in [5, 5.41) is 3.73. The fourth-order valence-corrected chi connectivity index (χ4v) is 6.39. The maximum Gasteiger partial charge on any atom is 0.270 e. The van der Waals surface area contributed by atoms with Crippen molar-refractivity contribution in [3.8, 4) is 5.75 Å². The van der Waals surface area contributed by atoms with Crippen molar-refractivity contribution in [1.82, 2.24) is 24.3 Å². The van der Waals surface area contributed by atoms with Crippen molar-refractivity contribution in [3.05, 3.63) is 54.9 Å². The number of nitrogens with one attached hydrogen (secondary N) is 1. The van der Waals surface area contributed by atoms with E-state index in [1.165, 1.54) is 16.0 Å². The van der Waals surface area contributed by atoms with E-state index in [4.69, 9.17) is 4.74 Å². The molecule has 0 spiro atoms. The Balaban J connectivity index is 1.07. The molecule has 3 aromatic rings. The largest absolute Gasteiger partial charge is 0.492 e. The summed E-state index contributed by atoms with van der Waals surface area (Å²) >= 11 is 1.88. The Kier molecular flexibility index (Phi) is 5.12. The number of thiophene rings is 1. The Hall–Kier alpha value is -2.49. The number of likely N-dealkylation sites (tertiary alicyclic amines) is 1. The molecule has 3 aliphatic heterocycles. The zero-order chi connectivity index (χ0) is 21.7. The predicted octanol–water partition coefficient (Wildman–Crippen LogP) is 1.75. The van der Waals surface area contributed by atoms with Gasteiger partial charge in [0.25, 0.3) is 11.1 Å². The van der Waals surface area contributed by atoms with Crippen LogP contribution < -0.4 is 21.2 Å². The molecule has 32 heavy (non-hydrogen) atoms. The summed E-state index contributed by atoms with van der Waals surface area (Å²) < 4.78 is 9.23. The van der Waals surface area contributed by atoms with Gasteiger partial charge in [-0.05, 0) is 50.9 Å². The summed E-state index contributed by atoms with van der Waals surface area (Å²) in [4.78, 5) is 34.3. The molecule has 8 nitrogen and oxygen atoms in total. The van der Waals surface area contributed by atoms with Crippen LogP contribution in [0.5, 0.6) is 5.75 Å². The molecule has 0 aliphatic carbocycles. The van der Waals surface area contributed by atoms with Gasteiger partial charge < -0.3 is 15.0 Å². The third-order valence-electron chi connectivity index (χ3n) is 6.92. The van der Waals surface area contributed by atoms with E-state index in [-0.39, 0.29) is 17.2 Å². The van der Waals surface area contributed by atoms with Gasteiger partial charge in [-0.15, -0.1) is 11.3 Å². The highest BCUT2D eigenvalue weighted by Crippen LogP contribution is 2.33. The lowest BCUT2D eigenvalue weighted by Crippen LogP contribution is -2.44. The minimum Gasteiger partial charge on any atom is -0.492 e. The average molecular weight is 454 g/mol. The molecule has 9 heteroatoms. The number of nitrogens with zero attached hydrogens (tertiary/aromatic N) is 4. The molecule has 3 aliphatic rings. The van der Waals surface area contributed by atoms with Crippen LogP contribution in [0, 0.1) is 0 Å².